The molecule has 1 aromatic carbocycles. The average molecular weight is 381 g/mol. The molecule has 1 saturated heterocycles. The van der Waals surface area contributed by atoms with E-state index in [4.69, 9.17) is 30.3 Å². The van der Waals surface area contributed by atoms with Crippen LogP contribution in [0.2, 0.25) is 5.02 Å². The van der Waals surface area contributed by atoms with E-state index >= 15 is 0 Å². The van der Waals surface area contributed by atoms with E-state index in [1.807, 2.05) is 0 Å². The molecule has 0 saturated carbocycles. The summed E-state index contributed by atoms with van der Waals surface area (Å²) in [6, 6.07) is 6.62. The molecular formula is C18H21ClN2O5. The number of methoxy groups -OCH3 is 1. The predicted molar refractivity (Wildman–Crippen MR) is 94.8 cm³/mol. The Morgan fingerprint density at radius 1 is 1.35 bits per heavy atom. The monoisotopic (exact) mass is 380 g/mol. The molecule has 1 atom stereocenters. The lowest BCUT2D eigenvalue weighted by Gasteiger charge is -2.22. The van der Waals surface area contributed by atoms with Crippen LogP contribution < -0.4 is 14.8 Å². The highest BCUT2D eigenvalue weighted by atomic mass is 35.5. The minimum Gasteiger partial charge on any atom is -0.493 e. The fraction of sp³-hybridized carbons (Fsp3) is 0.444. The van der Waals surface area contributed by atoms with E-state index in [0.717, 1.165) is 25.9 Å². The summed E-state index contributed by atoms with van der Waals surface area (Å²) in [6.07, 6.45) is 3.23. The number of carbonyl (C=O) groups excluding carboxylic acids is 1. The number of nitrogens with one attached hydrogen (secondary N) is 1. The van der Waals surface area contributed by atoms with Gasteiger partial charge in [0, 0.05) is 30.3 Å². The van der Waals surface area contributed by atoms with Crippen molar-refractivity contribution in [3.05, 3.63) is 40.7 Å². The van der Waals surface area contributed by atoms with Gasteiger partial charge in [0.15, 0.2) is 23.0 Å². The molecule has 1 aliphatic heterocycles. The zero-order chi connectivity index (χ0) is 18.4. The van der Waals surface area contributed by atoms with Crippen molar-refractivity contribution in [3.63, 3.8) is 0 Å². The van der Waals surface area contributed by atoms with Gasteiger partial charge in [0.2, 0.25) is 0 Å². The first kappa shape index (κ1) is 18.5. The van der Waals surface area contributed by atoms with Crippen LogP contribution in [0.25, 0.3) is 0 Å². The number of rotatable bonds is 7. The molecule has 0 spiro atoms. The predicted octanol–water partition coefficient (Wildman–Crippen LogP) is 3.21. The molecule has 0 aliphatic carbocycles. The van der Waals surface area contributed by atoms with Crippen LogP contribution in [0, 0.1) is 0 Å². The Morgan fingerprint density at radius 3 is 3.00 bits per heavy atom. The van der Waals surface area contributed by atoms with Crippen molar-refractivity contribution in [2.24, 2.45) is 0 Å². The topological polar surface area (TPSA) is 82.8 Å². The molecule has 1 aliphatic rings. The van der Waals surface area contributed by atoms with Crippen LogP contribution in [0.15, 0.2) is 28.8 Å². The number of benzene rings is 1. The third-order valence-corrected chi connectivity index (χ3v) is 4.29. The molecule has 3 rings (SSSR count). The lowest BCUT2D eigenvalue weighted by molar-refractivity contribution is 0.0168. The molecule has 0 unspecified atom stereocenters. The van der Waals surface area contributed by atoms with Crippen molar-refractivity contribution in [2.75, 3.05) is 20.3 Å². The number of hydrogen-bond acceptors (Lipinski definition) is 6. The number of amides is 1. The number of carbonyl (C=O) groups is 1. The summed E-state index contributed by atoms with van der Waals surface area (Å²) < 4.78 is 21.6. The third kappa shape index (κ3) is 4.89. The summed E-state index contributed by atoms with van der Waals surface area (Å²) in [4.78, 5) is 12.1. The molecule has 26 heavy (non-hydrogen) atoms. The number of halogens is 1. The van der Waals surface area contributed by atoms with E-state index in [-0.39, 0.29) is 24.3 Å². The van der Waals surface area contributed by atoms with Gasteiger partial charge in [-0.1, -0.05) is 16.8 Å². The molecule has 1 fully saturated rings. The normalized spacial score (nSPS) is 16.9. The lowest BCUT2D eigenvalue weighted by atomic mass is 10.1. The zero-order valence-electron chi connectivity index (χ0n) is 14.5. The molecule has 7 nitrogen and oxygen atoms in total. The third-order valence-electron chi connectivity index (χ3n) is 4.05. The van der Waals surface area contributed by atoms with Crippen LogP contribution in [0.5, 0.6) is 11.5 Å². The van der Waals surface area contributed by atoms with Crippen molar-refractivity contribution < 1.29 is 23.5 Å². The summed E-state index contributed by atoms with van der Waals surface area (Å²) in [6.45, 7) is 1.34. The number of ether oxygens (including phenoxy) is 3. The SMILES string of the molecule is COc1cc(Cl)ccc1OCc1cc(C(=O)NC[C@@H]2CCCCO2)no1. The summed E-state index contributed by atoms with van der Waals surface area (Å²) in [7, 11) is 1.53. The molecule has 0 radical (unpaired) electrons. The van der Waals surface area contributed by atoms with E-state index < -0.39 is 0 Å². The molecular weight excluding hydrogens is 360 g/mol. The molecule has 1 amide bonds. The van der Waals surface area contributed by atoms with Crippen LogP contribution in [0.3, 0.4) is 0 Å². The molecule has 140 valence electrons. The maximum Gasteiger partial charge on any atom is 0.273 e. The molecule has 0 bridgehead atoms. The maximum absolute atomic E-state index is 12.1. The molecule has 1 aromatic heterocycles. The van der Waals surface area contributed by atoms with E-state index in [1.54, 1.807) is 24.3 Å². The Bertz CT molecular complexity index is 743. The highest BCUT2D eigenvalue weighted by Gasteiger charge is 2.18. The molecule has 1 N–H and O–H groups in total. The van der Waals surface area contributed by atoms with E-state index in [9.17, 15) is 4.79 Å². The average Bonchev–Trinajstić information content (AvgIpc) is 3.15. The van der Waals surface area contributed by atoms with Gasteiger partial charge < -0.3 is 24.1 Å². The van der Waals surface area contributed by atoms with Crippen LogP contribution >= 0.6 is 11.6 Å². The molecule has 8 heteroatoms. The van der Waals surface area contributed by atoms with E-state index in [1.165, 1.54) is 7.11 Å². The van der Waals surface area contributed by atoms with Gasteiger partial charge in [-0.15, -0.1) is 0 Å². The van der Waals surface area contributed by atoms with Crippen molar-refractivity contribution in [3.8, 4) is 11.5 Å². The number of hydrogen-bond donors (Lipinski definition) is 1. The van der Waals surface area contributed by atoms with E-state index in [2.05, 4.69) is 10.5 Å². The Morgan fingerprint density at radius 2 is 2.23 bits per heavy atom. The van der Waals surface area contributed by atoms with Crippen LogP contribution in [0.4, 0.5) is 0 Å². The summed E-state index contributed by atoms with van der Waals surface area (Å²) >= 11 is 5.92. The highest BCUT2D eigenvalue weighted by molar-refractivity contribution is 6.30. The van der Waals surface area contributed by atoms with Gasteiger partial charge >= 0.3 is 0 Å². The molecule has 2 heterocycles. The smallest absolute Gasteiger partial charge is 0.273 e. The first-order chi connectivity index (χ1) is 12.7. The Labute approximate surface area is 156 Å². The van der Waals surface area contributed by atoms with Crippen molar-refractivity contribution >= 4 is 17.5 Å². The summed E-state index contributed by atoms with van der Waals surface area (Å²) in [5, 5.41) is 7.16. The number of aromatic nitrogens is 1. The standard InChI is InChI=1S/C18H21ClN2O5/c1-23-17-8-12(19)5-6-16(17)25-11-14-9-15(21-26-14)18(22)20-10-13-4-2-3-7-24-13/h5-6,8-9,13H,2-4,7,10-11H2,1H3,(H,20,22)/t13-/m0/s1. The fourth-order valence-electron chi connectivity index (χ4n) is 2.66. The highest BCUT2D eigenvalue weighted by Crippen LogP contribution is 2.30. The van der Waals surface area contributed by atoms with Gasteiger partial charge in [-0.25, -0.2) is 0 Å². The van der Waals surface area contributed by atoms with Gasteiger partial charge in [-0.05, 0) is 31.4 Å². The van der Waals surface area contributed by atoms with Gasteiger partial charge in [-0.2, -0.15) is 0 Å². The number of nitrogens with zero attached hydrogens (tertiary/aromatic N) is 1. The van der Waals surface area contributed by atoms with Gasteiger partial charge in [0.05, 0.1) is 13.2 Å². The maximum atomic E-state index is 12.1. The minimum atomic E-state index is -0.293. The zero-order valence-corrected chi connectivity index (χ0v) is 15.3. The molecule has 2 aromatic rings. The second-order valence-electron chi connectivity index (χ2n) is 5.96. The second kappa shape index (κ2) is 8.91. The first-order valence-electron chi connectivity index (χ1n) is 8.47. The van der Waals surface area contributed by atoms with Gasteiger partial charge in [0.25, 0.3) is 5.91 Å². The van der Waals surface area contributed by atoms with E-state index in [0.29, 0.717) is 28.8 Å². The van der Waals surface area contributed by atoms with Crippen molar-refractivity contribution in [1.29, 1.82) is 0 Å². The minimum absolute atomic E-state index is 0.0692. The van der Waals surface area contributed by atoms with Crippen LogP contribution in [-0.2, 0) is 11.3 Å². The fourth-order valence-corrected chi connectivity index (χ4v) is 2.83. The van der Waals surface area contributed by atoms with Crippen LogP contribution in [0.1, 0.15) is 35.5 Å². The Hall–Kier alpha value is -2.25. The van der Waals surface area contributed by atoms with Gasteiger partial charge in [0.1, 0.15) is 6.61 Å². The van der Waals surface area contributed by atoms with Crippen LogP contribution in [-0.4, -0.2) is 37.4 Å². The summed E-state index contributed by atoms with van der Waals surface area (Å²) in [5.74, 6) is 1.18. The largest absolute Gasteiger partial charge is 0.493 e. The quantitative estimate of drug-likeness (QED) is 0.794. The summed E-state index contributed by atoms with van der Waals surface area (Å²) in [5.41, 5.74) is 0.211. The Kier molecular flexibility index (Phi) is 6.35. The second-order valence-corrected chi connectivity index (χ2v) is 6.40. The van der Waals surface area contributed by atoms with Crippen molar-refractivity contribution in [1.82, 2.24) is 10.5 Å². The first-order valence-corrected chi connectivity index (χ1v) is 8.85. The Balaban J connectivity index is 1.52. The lowest BCUT2D eigenvalue weighted by Crippen LogP contribution is -2.35. The van der Waals surface area contributed by atoms with Crippen molar-refractivity contribution in [2.45, 2.75) is 32.0 Å². The van der Waals surface area contributed by atoms with Gasteiger partial charge in [-0.3, -0.25) is 4.79 Å².